The Morgan fingerprint density at radius 1 is 0.453 bits per heavy atom. The van der Waals surface area contributed by atoms with Gasteiger partial charge in [-0.25, -0.2) is 0 Å². The summed E-state index contributed by atoms with van der Waals surface area (Å²) in [7, 11) is 0. The van der Waals surface area contributed by atoms with Crippen molar-refractivity contribution in [3.05, 3.63) is 131 Å². The maximum absolute atomic E-state index is 2.38. The molecule has 1 aliphatic carbocycles. The standard InChI is InChI=1S/2C23H27.C4H6.2ClH.Hf/c2*1-22(2,3)18-13-17(14-19(15-18)23(4,5)6)21-12-8-10-16-9-7-11-20(16)21;1-2-4-3-1;;;/h2*7-15H,1-6H3;1-3H2;2*1H;/q2*-1;;;;+2/p-2. The van der Waals surface area contributed by atoms with Crippen LogP contribution in [-0.2, 0) is 45.6 Å². The molecule has 0 N–H and O–H groups in total. The first-order valence-corrected chi connectivity index (χ1v) is 20.7. The molecule has 0 saturated heterocycles. The van der Waals surface area contributed by atoms with Gasteiger partial charge < -0.3 is 24.8 Å². The molecule has 1 fully saturated rings. The van der Waals surface area contributed by atoms with Crippen molar-refractivity contribution in [2.45, 2.75) is 124 Å². The average Bonchev–Trinajstić information content (AvgIpc) is 3.72. The van der Waals surface area contributed by atoms with E-state index in [1.807, 2.05) is 3.26 Å². The molecule has 1 saturated carbocycles. The van der Waals surface area contributed by atoms with Crippen LogP contribution in [0.5, 0.6) is 0 Å². The number of fused-ring (bicyclic) bond motifs is 2. The summed E-state index contributed by atoms with van der Waals surface area (Å²) in [5, 5.41) is 5.33. The Balaban J connectivity index is 0.000000243. The van der Waals surface area contributed by atoms with Gasteiger partial charge in [0.1, 0.15) is 0 Å². The van der Waals surface area contributed by atoms with Gasteiger partial charge >= 0.3 is 46.4 Å². The minimum atomic E-state index is 0. The molecule has 280 valence electrons. The second-order valence-corrected chi connectivity index (χ2v) is 21.3. The van der Waals surface area contributed by atoms with Gasteiger partial charge in [-0.05, 0) is 55.0 Å². The molecule has 0 aromatic heterocycles. The number of hydrogen-bond donors (Lipinski definition) is 0. The van der Waals surface area contributed by atoms with Crippen LogP contribution in [0, 0.1) is 0 Å². The molecule has 53 heavy (non-hydrogen) atoms. The molecule has 0 nitrogen and oxygen atoms in total. The molecule has 0 aliphatic heterocycles. The Bertz CT molecular complexity index is 1910. The van der Waals surface area contributed by atoms with E-state index in [0.29, 0.717) is 0 Å². The van der Waals surface area contributed by atoms with Crippen LogP contribution >= 0.6 is 0 Å². The zero-order chi connectivity index (χ0) is 37.4. The molecule has 6 aromatic carbocycles. The zero-order valence-electron chi connectivity index (χ0n) is 34.3. The van der Waals surface area contributed by atoms with Crippen molar-refractivity contribution in [3.63, 3.8) is 0 Å². The number of halogens is 2. The van der Waals surface area contributed by atoms with Crippen LogP contribution in [0.1, 0.15) is 125 Å². The second-order valence-electron chi connectivity index (χ2n) is 18.7. The molecule has 0 unspecified atom stereocenters. The molecule has 0 amide bonds. The van der Waals surface area contributed by atoms with E-state index in [2.05, 4.69) is 192 Å². The third kappa shape index (κ3) is 11.2. The fourth-order valence-corrected chi connectivity index (χ4v) is 7.75. The molecule has 0 atom stereocenters. The van der Waals surface area contributed by atoms with E-state index in [1.54, 1.807) is 0 Å². The van der Waals surface area contributed by atoms with Gasteiger partial charge in [-0.3, -0.25) is 0 Å². The Kier molecular flexibility index (Phi) is 14.8. The molecule has 1 aliphatic rings. The predicted molar refractivity (Wildman–Crippen MR) is 224 cm³/mol. The van der Waals surface area contributed by atoms with Gasteiger partial charge in [-0.1, -0.05) is 143 Å². The SMILES string of the molecule is CC(C)(C)c1cc(-c2cccc3[cH-]ccc23)cc(C(C)(C)C)c1.CC(C)(C)c1cc(-c2cccc3[cH-]ccc23)cc(C(C)(C)C)c1.[Cl-].[Cl-].[Hf+2]=[C]1CCC1. The normalized spacial score (nSPS) is 13.2. The first kappa shape index (κ1) is 44.8. The van der Waals surface area contributed by atoms with Crippen molar-refractivity contribution in [3.8, 4) is 22.3 Å². The van der Waals surface area contributed by atoms with Crippen molar-refractivity contribution >= 4 is 24.8 Å². The van der Waals surface area contributed by atoms with Gasteiger partial charge in [0.2, 0.25) is 0 Å². The van der Waals surface area contributed by atoms with Crippen molar-refractivity contribution in [1.82, 2.24) is 0 Å². The molecule has 0 radical (unpaired) electrons. The molecule has 0 bridgehead atoms. The number of benzene rings is 4. The molecule has 0 heterocycles. The summed E-state index contributed by atoms with van der Waals surface area (Å²) in [5.41, 5.74) is 11.6. The Hall–Kier alpha value is -2.58. The molecule has 6 aromatic rings. The summed E-state index contributed by atoms with van der Waals surface area (Å²) in [6.07, 6.45) is 4.41. The van der Waals surface area contributed by atoms with Crippen molar-refractivity contribution in [2.75, 3.05) is 0 Å². The van der Waals surface area contributed by atoms with Crippen LogP contribution in [0.2, 0.25) is 0 Å². The van der Waals surface area contributed by atoms with E-state index in [9.17, 15) is 0 Å². The van der Waals surface area contributed by atoms with E-state index < -0.39 is 0 Å². The van der Waals surface area contributed by atoms with Crippen molar-refractivity contribution in [1.29, 1.82) is 0 Å². The van der Waals surface area contributed by atoms with Gasteiger partial charge in [-0.15, -0.1) is 57.9 Å². The van der Waals surface area contributed by atoms with Gasteiger partial charge in [0.15, 0.2) is 0 Å². The molecule has 7 rings (SSSR count). The number of hydrogen-bond acceptors (Lipinski definition) is 0. The fraction of sp³-hybridized carbons (Fsp3) is 0.380. The Labute approximate surface area is 348 Å². The third-order valence-electron chi connectivity index (χ3n) is 10.3. The summed E-state index contributed by atoms with van der Waals surface area (Å²) in [6, 6.07) is 40.6. The topological polar surface area (TPSA) is 0 Å². The van der Waals surface area contributed by atoms with E-state index in [4.69, 9.17) is 0 Å². The quantitative estimate of drug-likeness (QED) is 0.121. The van der Waals surface area contributed by atoms with Gasteiger partial charge in [0.25, 0.3) is 0 Å². The molecule has 3 heteroatoms. The van der Waals surface area contributed by atoms with Crippen LogP contribution in [0.3, 0.4) is 0 Å². The van der Waals surface area contributed by atoms with Crippen LogP contribution < -0.4 is 24.8 Å². The average molecular weight is 910 g/mol. The minimum absolute atomic E-state index is 0. The van der Waals surface area contributed by atoms with Gasteiger partial charge in [0.05, 0.1) is 0 Å². The van der Waals surface area contributed by atoms with Crippen LogP contribution in [0.25, 0.3) is 43.8 Å². The van der Waals surface area contributed by atoms with Crippen molar-refractivity contribution < 1.29 is 48.7 Å². The molecule has 0 spiro atoms. The monoisotopic (exact) mass is 910 g/mol. The fourth-order valence-electron chi connectivity index (χ4n) is 6.48. The van der Waals surface area contributed by atoms with E-state index in [-0.39, 0.29) is 46.5 Å². The molecular weight excluding hydrogens is 850 g/mol. The van der Waals surface area contributed by atoms with Crippen LogP contribution in [0.15, 0.2) is 109 Å². The number of rotatable bonds is 2. The first-order valence-electron chi connectivity index (χ1n) is 18.9. The van der Waals surface area contributed by atoms with Gasteiger partial charge in [-0.2, -0.15) is 24.3 Å². The maximum atomic E-state index is 2.38. The van der Waals surface area contributed by atoms with Crippen LogP contribution in [0.4, 0.5) is 0 Å². The zero-order valence-corrected chi connectivity index (χ0v) is 39.4. The van der Waals surface area contributed by atoms with Crippen molar-refractivity contribution in [2.24, 2.45) is 0 Å². The summed E-state index contributed by atoms with van der Waals surface area (Å²) in [6.45, 7) is 27.5. The first-order chi connectivity index (χ1) is 23.7. The summed E-state index contributed by atoms with van der Waals surface area (Å²) >= 11 is 1.37. The summed E-state index contributed by atoms with van der Waals surface area (Å²) in [5.74, 6) is 0. The Morgan fingerprint density at radius 2 is 0.755 bits per heavy atom. The van der Waals surface area contributed by atoms with Gasteiger partial charge in [0, 0.05) is 0 Å². The Morgan fingerprint density at radius 3 is 1.00 bits per heavy atom. The van der Waals surface area contributed by atoms with E-state index in [1.165, 1.54) is 109 Å². The third-order valence-corrected chi connectivity index (χ3v) is 12.1. The second kappa shape index (κ2) is 17.5. The van der Waals surface area contributed by atoms with E-state index >= 15 is 0 Å². The predicted octanol–water partition coefficient (Wildman–Crippen LogP) is 8.54. The summed E-state index contributed by atoms with van der Waals surface area (Å²) in [4.78, 5) is 0. The summed E-state index contributed by atoms with van der Waals surface area (Å²) < 4.78 is 1.82. The van der Waals surface area contributed by atoms with E-state index in [0.717, 1.165) is 0 Å². The van der Waals surface area contributed by atoms with Crippen LogP contribution in [-0.4, -0.2) is 3.26 Å². The molecular formula is C50H60Cl2Hf-2.